The third-order valence-electron chi connectivity index (χ3n) is 3.92. The lowest BCUT2D eigenvalue weighted by atomic mass is 10.1. The van der Waals surface area contributed by atoms with Crippen LogP contribution in [0, 0.1) is 0 Å². The molecule has 7 heteroatoms. The lowest BCUT2D eigenvalue weighted by Gasteiger charge is -2.12. The van der Waals surface area contributed by atoms with Crippen molar-refractivity contribution in [1.29, 1.82) is 0 Å². The molecule has 134 valence electrons. The summed E-state index contributed by atoms with van der Waals surface area (Å²) >= 11 is 0. The van der Waals surface area contributed by atoms with E-state index in [1.54, 1.807) is 25.3 Å². The van der Waals surface area contributed by atoms with E-state index in [0.717, 1.165) is 5.56 Å². The van der Waals surface area contributed by atoms with E-state index < -0.39 is 11.5 Å². The molecule has 7 nitrogen and oxygen atoms in total. The van der Waals surface area contributed by atoms with Crippen LogP contribution < -0.4 is 20.4 Å². The minimum absolute atomic E-state index is 0.0822. The Kier molecular flexibility index (Phi) is 4.79. The van der Waals surface area contributed by atoms with Gasteiger partial charge < -0.3 is 24.3 Å². The Labute approximate surface area is 148 Å². The van der Waals surface area contributed by atoms with Gasteiger partial charge in [0.05, 0.1) is 19.8 Å². The monoisotopic (exact) mass is 355 g/mol. The summed E-state index contributed by atoms with van der Waals surface area (Å²) in [5.74, 6) is 0.485. The third-order valence-corrected chi connectivity index (χ3v) is 3.92. The van der Waals surface area contributed by atoms with Gasteiger partial charge in [-0.25, -0.2) is 4.79 Å². The van der Waals surface area contributed by atoms with Crippen molar-refractivity contribution in [3.05, 3.63) is 64.0 Å². The first kappa shape index (κ1) is 17.3. The van der Waals surface area contributed by atoms with Gasteiger partial charge in [-0.15, -0.1) is 0 Å². The Morgan fingerprint density at radius 3 is 2.65 bits per heavy atom. The largest absolute Gasteiger partial charge is 0.507 e. The highest BCUT2D eigenvalue weighted by molar-refractivity contribution is 6.00. The second-order valence-corrected chi connectivity index (χ2v) is 5.52. The molecule has 2 N–H and O–H groups in total. The highest BCUT2D eigenvalue weighted by Gasteiger charge is 2.14. The molecular formula is C19H17NO6. The average Bonchev–Trinajstić information content (AvgIpc) is 2.65. The molecule has 26 heavy (non-hydrogen) atoms. The summed E-state index contributed by atoms with van der Waals surface area (Å²) in [6.07, 6.45) is 0. The summed E-state index contributed by atoms with van der Waals surface area (Å²) in [5.41, 5.74) is 0.524. The standard InChI is InChI=1S/C19H17NO6/c1-24-13-5-3-12(16(8-13)25-2)10-20-19(23)14-7-11-4-6-18(22)26-17(11)9-15(14)21/h3-9,21H,10H2,1-2H3,(H,20,23). The van der Waals surface area contributed by atoms with Crippen LogP contribution in [-0.4, -0.2) is 25.2 Å². The molecule has 0 bridgehead atoms. The number of benzene rings is 2. The molecule has 0 fully saturated rings. The fourth-order valence-corrected chi connectivity index (χ4v) is 2.56. The van der Waals surface area contributed by atoms with Crippen LogP contribution in [0.4, 0.5) is 0 Å². The SMILES string of the molecule is COc1ccc(CNC(=O)c2cc3ccc(=O)oc3cc2O)c(OC)c1. The zero-order chi connectivity index (χ0) is 18.7. The number of methoxy groups -OCH3 is 2. The molecule has 0 spiro atoms. The summed E-state index contributed by atoms with van der Waals surface area (Å²) in [6, 6.07) is 10.8. The van der Waals surface area contributed by atoms with Crippen molar-refractivity contribution in [3.63, 3.8) is 0 Å². The maximum absolute atomic E-state index is 12.4. The van der Waals surface area contributed by atoms with Crippen molar-refractivity contribution in [2.24, 2.45) is 0 Å². The molecule has 0 radical (unpaired) electrons. The highest BCUT2D eigenvalue weighted by atomic mass is 16.5. The van der Waals surface area contributed by atoms with Gasteiger partial charge >= 0.3 is 5.63 Å². The molecule has 3 rings (SSSR count). The van der Waals surface area contributed by atoms with Gasteiger partial charge in [0, 0.05) is 35.7 Å². The molecular weight excluding hydrogens is 338 g/mol. The predicted octanol–water partition coefficient (Wildman–Crippen LogP) is 2.45. The molecule has 0 aliphatic rings. The Balaban J connectivity index is 1.82. The van der Waals surface area contributed by atoms with Gasteiger partial charge in [-0.2, -0.15) is 0 Å². The van der Waals surface area contributed by atoms with E-state index in [9.17, 15) is 14.7 Å². The van der Waals surface area contributed by atoms with Gasteiger partial charge in [0.1, 0.15) is 22.8 Å². The molecule has 2 aromatic carbocycles. The normalized spacial score (nSPS) is 10.5. The number of aromatic hydroxyl groups is 1. The van der Waals surface area contributed by atoms with Crippen molar-refractivity contribution in [3.8, 4) is 17.2 Å². The quantitative estimate of drug-likeness (QED) is 0.682. The molecule has 0 atom stereocenters. The van der Waals surface area contributed by atoms with Crippen LogP contribution in [0.5, 0.6) is 17.2 Å². The minimum atomic E-state index is -0.527. The molecule has 0 saturated carbocycles. The van der Waals surface area contributed by atoms with Crippen LogP contribution in [0.25, 0.3) is 11.0 Å². The van der Waals surface area contributed by atoms with Gasteiger partial charge in [-0.3, -0.25) is 4.79 Å². The van der Waals surface area contributed by atoms with Crippen LogP contribution in [0.1, 0.15) is 15.9 Å². The van der Waals surface area contributed by atoms with Gasteiger partial charge in [-0.05, 0) is 24.3 Å². The van der Waals surface area contributed by atoms with Crippen molar-refractivity contribution >= 4 is 16.9 Å². The molecule has 1 amide bonds. The number of rotatable bonds is 5. The zero-order valence-corrected chi connectivity index (χ0v) is 14.2. The molecule has 0 saturated heterocycles. The maximum atomic E-state index is 12.4. The van der Waals surface area contributed by atoms with E-state index in [4.69, 9.17) is 13.9 Å². The van der Waals surface area contributed by atoms with Crippen molar-refractivity contribution < 1.29 is 23.8 Å². The summed E-state index contributed by atoms with van der Waals surface area (Å²) < 4.78 is 15.4. The fraction of sp³-hybridized carbons (Fsp3) is 0.158. The lowest BCUT2D eigenvalue weighted by molar-refractivity contribution is 0.0948. The van der Waals surface area contributed by atoms with Gasteiger partial charge in [0.15, 0.2) is 0 Å². The summed E-state index contributed by atoms with van der Waals surface area (Å²) in [7, 11) is 3.09. The summed E-state index contributed by atoms with van der Waals surface area (Å²) in [4.78, 5) is 23.7. The number of nitrogens with one attached hydrogen (secondary N) is 1. The number of hydrogen-bond donors (Lipinski definition) is 2. The van der Waals surface area contributed by atoms with Crippen LogP contribution >= 0.6 is 0 Å². The Hall–Kier alpha value is -3.48. The summed E-state index contributed by atoms with van der Waals surface area (Å²) in [6.45, 7) is 0.202. The van der Waals surface area contributed by atoms with Crippen LogP contribution in [0.3, 0.4) is 0 Å². The maximum Gasteiger partial charge on any atom is 0.336 e. The molecule has 1 aromatic heterocycles. The van der Waals surface area contributed by atoms with E-state index in [2.05, 4.69) is 5.32 Å². The first-order valence-corrected chi connectivity index (χ1v) is 7.78. The first-order chi connectivity index (χ1) is 12.5. The zero-order valence-electron chi connectivity index (χ0n) is 14.2. The highest BCUT2D eigenvalue weighted by Crippen LogP contribution is 2.26. The van der Waals surface area contributed by atoms with Gasteiger partial charge in [0.2, 0.25) is 0 Å². The second kappa shape index (κ2) is 7.18. The second-order valence-electron chi connectivity index (χ2n) is 5.52. The number of phenolic OH excluding ortho intramolecular Hbond substituents is 1. The third kappa shape index (κ3) is 3.46. The van der Waals surface area contributed by atoms with Crippen LogP contribution in [0.15, 0.2) is 51.7 Å². The molecule has 1 heterocycles. The smallest absolute Gasteiger partial charge is 0.336 e. The number of hydrogen-bond acceptors (Lipinski definition) is 6. The van der Waals surface area contributed by atoms with Gasteiger partial charge in [-0.1, -0.05) is 0 Å². The van der Waals surface area contributed by atoms with Crippen molar-refractivity contribution in [2.45, 2.75) is 6.54 Å². The van der Waals surface area contributed by atoms with E-state index in [1.165, 1.54) is 31.4 Å². The molecule has 3 aromatic rings. The number of phenols is 1. The van der Waals surface area contributed by atoms with Crippen molar-refractivity contribution in [2.75, 3.05) is 14.2 Å². The predicted molar refractivity (Wildman–Crippen MR) is 94.9 cm³/mol. The van der Waals surface area contributed by atoms with E-state index in [1.807, 2.05) is 0 Å². The molecule has 0 unspecified atom stereocenters. The fourth-order valence-electron chi connectivity index (χ4n) is 2.56. The first-order valence-electron chi connectivity index (χ1n) is 7.78. The average molecular weight is 355 g/mol. The van der Waals surface area contributed by atoms with E-state index >= 15 is 0 Å². The Bertz CT molecular complexity index is 1020. The number of ether oxygens (including phenoxy) is 2. The van der Waals surface area contributed by atoms with E-state index in [-0.39, 0.29) is 23.4 Å². The minimum Gasteiger partial charge on any atom is -0.507 e. The summed E-state index contributed by atoms with van der Waals surface area (Å²) in [5, 5.41) is 13.3. The van der Waals surface area contributed by atoms with Gasteiger partial charge in [0.25, 0.3) is 5.91 Å². The molecule has 0 aliphatic carbocycles. The van der Waals surface area contributed by atoms with Crippen molar-refractivity contribution in [1.82, 2.24) is 5.32 Å². The van der Waals surface area contributed by atoms with E-state index in [0.29, 0.717) is 16.9 Å². The Morgan fingerprint density at radius 2 is 1.92 bits per heavy atom. The lowest BCUT2D eigenvalue weighted by Crippen LogP contribution is -2.23. The molecule has 0 aliphatic heterocycles. The number of fused-ring (bicyclic) bond motifs is 1. The van der Waals surface area contributed by atoms with Crippen LogP contribution in [0.2, 0.25) is 0 Å². The number of amides is 1. The number of carbonyl (C=O) groups excluding carboxylic acids is 1. The topological polar surface area (TPSA) is 98.0 Å². The Morgan fingerprint density at radius 1 is 1.12 bits per heavy atom. The van der Waals surface area contributed by atoms with Crippen LogP contribution in [-0.2, 0) is 6.54 Å². The number of carbonyl (C=O) groups is 1.